The van der Waals surface area contributed by atoms with Crippen molar-refractivity contribution in [2.75, 3.05) is 29.4 Å². The molecule has 1 spiro atoms. The van der Waals surface area contributed by atoms with Gasteiger partial charge in [0.05, 0.1) is 42.4 Å². The number of nitrogens with one attached hydrogen (secondary N) is 1. The van der Waals surface area contributed by atoms with Crippen molar-refractivity contribution in [2.24, 2.45) is 0 Å². The topological polar surface area (TPSA) is 102 Å². The summed E-state index contributed by atoms with van der Waals surface area (Å²) in [6.07, 6.45) is 1.66. The van der Waals surface area contributed by atoms with Crippen LogP contribution >= 0.6 is 0 Å². The second kappa shape index (κ2) is 7.31. The fourth-order valence-corrected chi connectivity index (χ4v) is 5.08. The summed E-state index contributed by atoms with van der Waals surface area (Å²) >= 11 is 0. The maximum Gasteiger partial charge on any atom is 0.415 e. The minimum atomic E-state index is -0.736. The van der Waals surface area contributed by atoms with E-state index in [0.717, 1.165) is 0 Å². The summed E-state index contributed by atoms with van der Waals surface area (Å²) < 4.78 is 24.3. The molecule has 11 heteroatoms. The van der Waals surface area contributed by atoms with Gasteiger partial charge in [0.25, 0.3) is 5.56 Å². The van der Waals surface area contributed by atoms with Gasteiger partial charge in [-0.1, -0.05) is 0 Å². The summed E-state index contributed by atoms with van der Waals surface area (Å²) in [4.78, 5) is 44.2. The molecule has 0 bridgehead atoms. The molecule has 2 aliphatic heterocycles. The number of halogens is 1. The van der Waals surface area contributed by atoms with Crippen molar-refractivity contribution in [1.82, 2.24) is 19.7 Å². The summed E-state index contributed by atoms with van der Waals surface area (Å²) in [6, 6.07) is 7.98. The Morgan fingerprint density at radius 3 is 2.74 bits per heavy atom. The molecule has 2 atom stereocenters. The van der Waals surface area contributed by atoms with E-state index in [-0.39, 0.29) is 24.1 Å². The van der Waals surface area contributed by atoms with Crippen molar-refractivity contribution in [1.29, 1.82) is 0 Å². The Balaban J connectivity index is 1.21. The maximum absolute atomic E-state index is 15.2. The quantitative estimate of drug-likeness (QED) is 0.627. The van der Waals surface area contributed by atoms with Gasteiger partial charge in [0, 0.05) is 32.6 Å². The molecule has 2 amide bonds. The van der Waals surface area contributed by atoms with Crippen molar-refractivity contribution < 1.29 is 18.7 Å². The number of aromatic nitrogens is 3. The first-order valence-corrected chi connectivity index (χ1v) is 11.2. The first-order chi connectivity index (χ1) is 16.4. The largest absolute Gasteiger partial charge is 0.438 e. The van der Waals surface area contributed by atoms with Crippen LogP contribution in [0.5, 0.6) is 0 Å². The number of hydrogen-bond acceptors (Lipinski definition) is 6. The third-order valence-corrected chi connectivity index (χ3v) is 6.87. The summed E-state index contributed by atoms with van der Waals surface area (Å²) in [7, 11) is 0. The van der Waals surface area contributed by atoms with E-state index in [9.17, 15) is 14.4 Å². The lowest BCUT2D eigenvalue weighted by atomic mass is 10.2. The van der Waals surface area contributed by atoms with Gasteiger partial charge in [-0.15, -0.1) is 0 Å². The molecule has 34 heavy (non-hydrogen) atoms. The fraction of sp³-hybridized carbons (Fsp3) is 0.391. The second-order valence-corrected chi connectivity index (χ2v) is 9.02. The summed E-state index contributed by atoms with van der Waals surface area (Å²) in [6.45, 7) is 3.54. The zero-order valence-corrected chi connectivity index (χ0v) is 18.5. The summed E-state index contributed by atoms with van der Waals surface area (Å²) in [5, 5.41) is 3.36. The number of amides is 2. The lowest BCUT2D eigenvalue weighted by Crippen LogP contribution is -2.33. The number of benzene rings is 1. The minimum Gasteiger partial charge on any atom is -0.438 e. The van der Waals surface area contributed by atoms with E-state index in [1.165, 1.54) is 17.9 Å². The van der Waals surface area contributed by atoms with Crippen molar-refractivity contribution in [3.63, 3.8) is 0 Å². The second-order valence-electron chi connectivity index (χ2n) is 9.02. The Bertz CT molecular complexity index is 1400. The molecule has 1 N–H and O–H groups in total. The number of carbonyl (C=O) groups is 2. The molecular weight excluding hydrogens is 443 g/mol. The van der Waals surface area contributed by atoms with Gasteiger partial charge in [0.2, 0.25) is 5.91 Å². The lowest BCUT2D eigenvalue weighted by Gasteiger charge is -2.23. The molecule has 3 aliphatic rings. The number of pyridine rings is 1. The molecule has 2 aromatic heterocycles. The van der Waals surface area contributed by atoms with Gasteiger partial charge in [-0.25, -0.2) is 18.9 Å². The van der Waals surface area contributed by atoms with Crippen LogP contribution in [0.2, 0.25) is 0 Å². The lowest BCUT2D eigenvalue weighted by molar-refractivity contribution is -0.119. The van der Waals surface area contributed by atoms with Gasteiger partial charge >= 0.3 is 6.09 Å². The summed E-state index contributed by atoms with van der Waals surface area (Å²) in [5.74, 6) is -0.635. The van der Waals surface area contributed by atoms with Crippen LogP contribution in [0.4, 0.5) is 20.6 Å². The number of anilines is 2. The molecule has 2 fully saturated rings. The van der Waals surface area contributed by atoms with Crippen LogP contribution in [0.3, 0.4) is 0 Å². The molecule has 6 rings (SSSR count). The Morgan fingerprint density at radius 2 is 1.97 bits per heavy atom. The van der Waals surface area contributed by atoms with Gasteiger partial charge in [-0.2, -0.15) is 0 Å². The van der Waals surface area contributed by atoms with Crippen LogP contribution < -0.4 is 20.7 Å². The normalized spacial score (nSPS) is 23.7. The van der Waals surface area contributed by atoms with Crippen LogP contribution in [0.1, 0.15) is 13.3 Å². The zero-order valence-electron chi connectivity index (χ0n) is 18.5. The highest BCUT2D eigenvalue weighted by Crippen LogP contribution is 2.46. The van der Waals surface area contributed by atoms with E-state index < -0.39 is 17.5 Å². The van der Waals surface area contributed by atoms with E-state index in [1.807, 2.05) is 9.58 Å². The Kier molecular flexibility index (Phi) is 4.45. The van der Waals surface area contributed by atoms with Crippen molar-refractivity contribution in [2.45, 2.75) is 38.1 Å². The van der Waals surface area contributed by atoms with Gasteiger partial charge in [0.15, 0.2) is 11.2 Å². The number of ether oxygens (including phenoxy) is 1. The van der Waals surface area contributed by atoms with Crippen LogP contribution in [0.25, 0.3) is 11.0 Å². The van der Waals surface area contributed by atoms with E-state index in [4.69, 9.17) is 4.74 Å². The molecule has 1 saturated heterocycles. The number of rotatable bonds is 3. The number of fused-ring (bicyclic) bond motifs is 3. The Morgan fingerprint density at radius 1 is 1.18 bits per heavy atom. The van der Waals surface area contributed by atoms with Crippen LogP contribution in [0.15, 0.2) is 41.3 Å². The SMILES string of the molecule is CC(=O)NC1CC12CN(c1ccc(N3CCn4c(=O)c5cccnc5n4CC3)c(F)c1)C(=O)O2. The predicted molar refractivity (Wildman–Crippen MR) is 121 cm³/mol. The number of carbonyl (C=O) groups excluding carboxylic acids is 2. The van der Waals surface area contributed by atoms with Crippen molar-refractivity contribution >= 4 is 34.4 Å². The molecule has 10 nitrogen and oxygen atoms in total. The first kappa shape index (κ1) is 20.7. The average Bonchev–Trinajstić information content (AvgIpc) is 3.32. The first-order valence-electron chi connectivity index (χ1n) is 11.2. The third-order valence-electron chi connectivity index (χ3n) is 6.87. The van der Waals surface area contributed by atoms with Crippen LogP contribution in [-0.2, 0) is 22.6 Å². The molecule has 4 heterocycles. The van der Waals surface area contributed by atoms with E-state index in [1.54, 1.807) is 35.1 Å². The molecule has 1 saturated carbocycles. The molecule has 1 aromatic carbocycles. The summed E-state index contributed by atoms with van der Waals surface area (Å²) in [5.41, 5.74) is 0.609. The Labute approximate surface area is 193 Å². The fourth-order valence-electron chi connectivity index (χ4n) is 5.08. The van der Waals surface area contributed by atoms with E-state index >= 15 is 4.39 Å². The average molecular weight is 466 g/mol. The molecular formula is C23H23FN6O4. The minimum absolute atomic E-state index is 0.0973. The van der Waals surface area contributed by atoms with Gasteiger partial charge < -0.3 is 15.0 Å². The highest BCUT2D eigenvalue weighted by molar-refractivity contribution is 5.91. The third kappa shape index (κ3) is 3.14. The van der Waals surface area contributed by atoms with E-state index in [2.05, 4.69) is 10.3 Å². The molecule has 2 unspecified atom stereocenters. The van der Waals surface area contributed by atoms with Gasteiger partial charge in [0.1, 0.15) is 5.82 Å². The maximum atomic E-state index is 15.2. The van der Waals surface area contributed by atoms with Gasteiger partial charge in [-0.3, -0.25) is 19.2 Å². The van der Waals surface area contributed by atoms with Gasteiger partial charge in [-0.05, 0) is 30.3 Å². The smallest absolute Gasteiger partial charge is 0.415 e. The predicted octanol–water partition coefficient (Wildman–Crippen LogP) is 1.46. The van der Waals surface area contributed by atoms with Crippen molar-refractivity contribution in [3.8, 4) is 0 Å². The van der Waals surface area contributed by atoms with Crippen LogP contribution in [0, 0.1) is 5.82 Å². The molecule has 3 aromatic rings. The number of hydrogen-bond donors (Lipinski definition) is 1. The van der Waals surface area contributed by atoms with E-state index in [0.29, 0.717) is 55.0 Å². The number of nitrogens with zero attached hydrogens (tertiary/aromatic N) is 5. The molecule has 176 valence electrons. The monoisotopic (exact) mass is 466 g/mol. The highest BCUT2D eigenvalue weighted by Gasteiger charge is 2.64. The van der Waals surface area contributed by atoms with Crippen molar-refractivity contribution in [3.05, 3.63) is 52.7 Å². The highest BCUT2D eigenvalue weighted by atomic mass is 19.1. The molecule has 0 radical (unpaired) electrons. The standard InChI is InChI=1S/C23H23FN6O4/c1-14(31)26-19-12-23(19)13-28(22(33)34-23)15-4-5-18(17(24)11-15)27-7-9-29-20-16(3-2-6-25-20)21(32)30(29)10-8-27/h2-6,11,19H,7-10,12-13H2,1H3,(H,26,31). The van der Waals surface area contributed by atoms with Crippen LogP contribution in [-0.4, -0.2) is 57.6 Å². The molecule has 1 aliphatic carbocycles. The Hall–Kier alpha value is -3.89. The zero-order chi connectivity index (χ0) is 23.6.